The van der Waals surface area contributed by atoms with Crippen molar-refractivity contribution in [1.29, 1.82) is 0 Å². The van der Waals surface area contributed by atoms with Crippen molar-refractivity contribution in [3.63, 3.8) is 0 Å². The number of aromatic nitrogens is 2. The number of nitrogens with two attached hydrogens (primary N) is 1. The molecule has 0 radical (unpaired) electrons. The van der Waals surface area contributed by atoms with Crippen LogP contribution in [-0.4, -0.2) is 22.0 Å². The second kappa shape index (κ2) is 6.79. The summed E-state index contributed by atoms with van der Waals surface area (Å²) in [7, 11) is 0. The molecular weight excluding hydrogens is 281 g/mol. The van der Waals surface area contributed by atoms with E-state index in [1.165, 1.54) is 0 Å². The van der Waals surface area contributed by atoms with Gasteiger partial charge in [0.25, 0.3) is 0 Å². The highest BCUT2D eigenvalue weighted by atomic mass is 19.4. The maximum absolute atomic E-state index is 13.2. The Hall–Kier alpha value is -1.08. The molecule has 3 atom stereocenters. The number of hydrogen-bond donors (Lipinski definition) is 2. The zero-order valence-corrected chi connectivity index (χ0v) is 12.2. The molecule has 1 aromatic heterocycles. The normalized spacial score (nSPS) is 25.0. The second-order valence-electron chi connectivity index (χ2n) is 5.78. The first kappa shape index (κ1) is 16.3. The third-order valence-electron chi connectivity index (χ3n) is 4.44. The average Bonchev–Trinajstić information content (AvgIpc) is 2.91. The van der Waals surface area contributed by atoms with Crippen molar-refractivity contribution < 1.29 is 13.2 Å². The predicted molar refractivity (Wildman–Crippen MR) is 74.2 cm³/mol. The Morgan fingerprint density at radius 3 is 2.71 bits per heavy atom. The van der Waals surface area contributed by atoms with Gasteiger partial charge in [0.15, 0.2) is 0 Å². The molecule has 1 aromatic rings. The van der Waals surface area contributed by atoms with Crippen molar-refractivity contribution in [2.75, 3.05) is 0 Å². The van der Waals surface area contributed by atoms with Crippen LogP contribution in [0.1, 0.15) is 38.2 Å². The maximum atomic E-state index is 13.2. The number of hydrogen-bond acceptors (Lipinski definition) is 3. The summed E-state index contributed by atoms with van der Waals surface area (Å²) in [6, 6.07) is -0.369. The second-order valence-corrected chi connectivity index (χ2v) is 5.78. The first-order valence-electron chi connectivity index (χ1n) is 7.50. The lowest BCUT2D eigenvalue weighted by Crippen LogP contribution is -2.49. The van der Waals surface area contributed by atoms with E-state index in [2.05, 4.69) is 10.5 Å². The van der Waals surface area contributed by atoms with Crippen molar-refractivity contribution in [1.82, 2.24) is 15.2 Å². The Kier molecular flexibility index (Phi) is 5.27. The van der Waals surface area contributed by atoms with Gasteiger partial charge in [0.1, 0.15) is 0 Å². The first-order chi connectivity index (χ1) is 9.95. The van der Waals surface area contributed by atoms with E-state index >= 15 is 0 Å². The van der Waals surface area contributed by atoms with Crippen molar-refractivity contribution in [2.45, 2.75) is 57.8 Å². The highest BCUT2D eigenvalue weighted by Gasteiger charge is 2.47. The summed E-state index contributed by atoms with van der Waals surface area (Å²) in [5.41, 5.74) is 3.54. The van der Waals surface area contributed by atoms with Gasteiger partial charge >= 0.3 is 6.18 Å². The molecule has 21 heavy (non-hydrogen) atoms. The minimum absolute atomic E-state index is 0.209. The fourth-order valence-corrected chi connectivity index (χ4v) is 3.32. The zero-order valence-electron chi connectivity index (χ0n) is 12.2. The monoisotopic (exact) mass is 304 g/mol. The van der Waals surface area contributed by atoms with E-state index in [0.717, 1.165) is 18.5 Å². The lowest BCUT2D eigenvalue weighted by molar-refractivity contribution is -0.199. The van der Waals surface area contributed by atoms with Gasteiger partial charge in [0.2, 0.25) is 0 Å². The molecule has 1 fully saturated rings. The molecular formula is C14H23F3N4. The van der Waals surface area contributed by atoms with Gasteiger partial charge in [-0.2, -0.15) is 18.3 Å². The van der Waals surface area contributed by atoms with Crippen molar-refractivity contribution in [2.24, 2.45) is 17.7 Å². The molecule has 1 heterocycles. The van der Waals surface area contributed by atoms with Crippen LogP contribution in [0.2, 0.25) is 0 Å². The quantitative estimate of drug-likeness (QED) is 0.649. The fourth-order valence-electron chi connectivity index (χ4n) is 3.32. The largest absolute Gasteiger partial charge is 0.392 e. The van der Waals surface area contributed by atoms with E-state index < -0.39 is 18.0 Å². The number of aryl methyl sites for hydroxylation is 1. The molecule has 1 aliphatic carbocycles. The lowest BCUT2D eigenvalue weighted by atomic mass is 9.73. The van der Waals surface area contributed by atoms with Crippen LogP contribution in [0.3, 0.4) is 0 Å². The molecule has 3 unspecified atom stereocenters. The van der Waals surface area contributed by atoms with Crippen molar-refractivity contribution in [3.8, 4) is 0 Å². The van der Waals surface area contributed by atoms with Gasteiger partial charge in [0, 0.05) is 18.8 Å². The van der Waals surface area contributed by atoms with Gasteiger partial charge in [-0.1, -0.05) is 12.8 Å². The van der Waals surface area contributed by atoms with Crippen LogP contribution < -0.4 is 11.3 Å². The van der Waals surface area contributed by atoms with Gasteiger partial charge in [0.05, 0.1) is 12.1 Å². The van der Waals surface area contributed by atoms with E-state index in [1.807, 2.05) is 13.1 Å². The summed E-state index contributed by atoms with van der Waals surface area (Å²) >= 11 is 0. The van der Waals surface area contributed by atoms with Gasteiger partial charge < -0.3 is 0 Å². The third-order valence-corrected chi connectivity index (χ3v) is 4.44. The van der Waals surface area contributed by atoms with E-state index in [9.17, 15) is 13.2 Å². The molecule has 4 nitrogen and oxygen atoms in total. The molecule has 0 aliphatic heterocycles. The van der Waals surface area contributed by atoms with Crippen molar-refractivity contribution >= 4 is 0 Å². The zero-order chi connectivity index (χ0) is 15.5. The van der Waals surface area contributed by atoms with Crippen LogP contribution in [0.5, 0.6) is 0 Å². The average molecular weight is 304 g/mol. The van der Waals surface area contributed by atoms with E-state index in [4.69, 9.17) is 5.84 Å². The molecule has 0 bridgehead atoms. The Morgan fingerprint density at radius 1 is 1.43 bits per heavy atom. The smallest absolute Gasteiger partial charge is 0.273 e. The van der Waals surface area contributed by atoms with E-state index in [0.29, 0.717) is 19.3 Å². The summed E-state index contributed by atoms with van der Waals surface area (Å²) in [6.07, 6.45) is 2.17. The molecule has 0 amide bonds. The number of alkyl halides is 3. The number of halogens is 3. The molecule has 0 saturated heterocycles. The standard InChI is InChI=1S/C14H23F3N4/c1-2-21-9-10(8-19-21)7-13(20-18)11-5-3-4-6-12(11)14(15,16)17/h8-9,11-13,20H,2-7,18H2,1H3. The van der Waals surface area contributed by atoms with E-state index in [1.54, 1.807) is 10.9 Å². The summed E-state index contributed by atoms with van der Waals surface area (Å²) in [4.78, 5) is 0. The van der Waals surface area contributed by atoms with Crippen LogP contribution in [0.4, 0.5) is 13.2 Å². The Bertz CT molecular complexity index is 444. The highest BCUT2D eigenvalue weighted by Crippen LogP contribution is 2.43. The summed E-state index contributed by atoms with van der Waals surface area (Å²) in [6.45, 7) is 2.71. The number of nitrogens with one attached hydrogen (secondary N) is 1. The summed E-state index contributed by atoms with van der Waals surface area (Å²) in [5.74, 6) is 3.83. The van der Waals surface area contributed by atoms with Crippen LogP contribution in [0, 0.1) is 11.8 Å². The number of rotatable bonds is 5. The number of hydrazine groups is 1. The van der Waals surface area contributed by atoms with Gasteiger partial charge in [-0.15, -0.1) is 0 Å². The van der Waals surface area contributed by atoms with Crippen LogP contribution in [-0.2, 0) is 13.0 Å². The van der Waals surface area contributed by atoms with Crippen molar-refractivity contribution in [3.05, 3.63) is 18.0 Å². The van der Waals surface area contributed by atoms with Gasteiger partial charge in [-0.25, -0.2) is 0 Å². The highest BCUT2D eigenvalue weighted by molar-refractivity contribution is 5.07. The molecule has 0 aromatic carbocycles. The Labute approximate surface area is 122 Å². The first-order valence-corrected chi connectivity index (χ1v) is 7.50. The predicted octanol–water partition coefficient (Wildman–Crippen LogP) is 2.65. The van der Waals surface area contributed by atoms with E-state index in [-0.39, 0.29) is 12.5 Å². The van der Waals surface area contributed by atoms with Crippen LogP contribution >= 0.6 is 0 Å². The minimum atomic E-state index is -4.15. The Morgan fingerprint density at radius 2 is 2.14 bits per heavy atom. The van der Waals surface area contributed by atoms with Gasteiger partial charge in [-0.3, -0.25) is 16.0 Å². The van der Waals surface area contributed by atoms with Gasteiger partial charge in [-0.05, 0) is 37.7 Å². The number of nitrogens with zero attached hydrogens (tertiary/aromatic N) is 2. The minimum Gasteiger partial charge on any atom is -0.273 e. The lowest BCUT2D eigenvalue weighted by Gasteiger charge is -2.37. The maximum Gasteiger partial charge on any atom is 0.392 e. The fraction of sp³-hybridized carbons (Fsp3) is 0.786. The molecule has 0 spiro atoms. The summed E-state index contributed by atoms with van der Waals surface area (Å²) < 4.78 is 41.4. The molecule has 120 valence electrons. The third kappa shape index (κ3) is 3.97. The van der Waals surface area contributed by atoms with Crippen LogP contribution in [0.15, 0.2) is 12.4 Å². The molecule has 1 saturated carbocycles. The Balaban J connectivity index is 2.10. The molecule has 1 aliphatic rings. The van der Waals surface area contributed by atoms with Crippen LogP contribution in [0.25, 0.3) is 0 Å². The SMILES string of the molecule is CCn1cc(CC(NN)C2CCCCC2C(F)(F)F)cn1. The molecule has 7 heteroatoms. The molecule has 2 rings (SSSR count). The molecule has 3 N–H and O–H groups in total. The summed E-state index contributed by atoms with van der Waals surface area (Å²) in [5, 5.41) is 4.16. The topological polar surface area (TPSA) is 55.9 Å².